The van der Waals surface area contributed by atoms with Crippen LogP contribution in [-0.4, -0.2) is 25.4 Å². The Kier molecular flexibility index (Phi) is 5.90. The van der Waals surface area contributed by atoms with Gasteiger partial charge in [0.1, 0.15) is 12.4 Å². The quantitative estimate of drug-likeness (QED) is 0.721. The maximum absolute atomic E-state index is 5.68. The minimum absolute atomic E-state index is 0.185. The van der Waals surface area contributed by atoms with Crippen LogP contribution in [0.3, 0.4) is 0 Å². The summed E-state index contributed by atoms with van der Waals surface area (Å²) >= 11 is 0. The van der Waals surface area contributed by atoms with E-state index < -0.39 is 0 Å². The van der Waals surface area contributed by atoms with E-state index in [1.807, 2.05) is 44.2 Å². The molecule has 90 valence electrons. The lowest BCUT2D eigenvalue weighted by molar-refractivity contribution is 0.0371. The van der Waals surface area contributed by atoms with Crippen molar-refractivity contribution < 1.29 is 9.47 Å². The first-order chi connectivity index (χ1) is 7.68. The largest absolute Gasteiger partial charge is 0.491 e. The molecular formula is C13H21NO2. The van der Waals surface area contributed by atoms with Crippen molar-refractivity contribution in [2.45, 2.75) is 32.4 Å². The van der Waals surface area contributed by atoms with Gasteiger partial charge in [-0.05, 0) is 32.4 Å². The number of hydrogen-bond donors (Lipinski definition) is 1. The van der Waals surface area contributed by atoms with Gasteiger partial charge in [-0.15, -0.1) is 0 Å². The number of benzene rings is 1. The van der Waals surface area contributed by atoms with Gasteiger partial charge in [0, 0.05) is 6.04 Å². The second-order valence-corrected chi connectivity index (χ2v) is 4.06. The van der Waals surface area contributed by atoms with E-state index in [-0.39, 0.29) is 12.1 Å². The van der Waals surface area contributed by atoms with Crippen molar-refractivity contribution in [3.8, 4) is 5.75 Å². The Morgan fingerprint density at radius 1 is 1.12 bits per heavy atom. The number of rotatable bonds is 7. The highest BCUT2D eigenvalue weighted by molar-refractivity contribution is 5.20. The zero-order valence-corrected chi connectivity index (χ0v) is 10.1. The Hall–Kier alpha value is -1.06. The molecule has 1 rings (SSSR count). The molecule has 1 aromatic rings. The Morgan fingerprint density at radius 2 is 1.81 bits per heavy atom. The lowest BCUT2D eigenvalue weighted by atomic mass is 10.2. The van der Waals surface area contributed by atoms with Crippen LogP contribution < -0.4 is 10.5 Å². The predicted molar refractivity (Wildman–Crippen MR) is 65.6 cm³/mol. The molecule has 3 nitrogen and oxygen atoms in total. The predicted octanol–water partition coefficient (Wildman–Crippen LogP) is 2.21. The highest BCUT2D eigenvalue weighted by atomic mass is 16.5. The maximum Gasteiger partial charge on any atom is 0.119 e. The molecule has 2 atom stereocenters. The van der Waals surface area contributed by atoms with Gasteiger partial charge in [0.25, 0.3) is 0 Å². The molecule has 2 N–H and O–H groups in total. The van der Waals surface area contributed by atoms with Crippen LogP contribution >= 0.6 is 0 Å². The summed E-state index contributed by atoms with van der Waals surface area (Å²) in [5.41, 5.74) is 5.68. The lowest BCUT2D eigenvalue weighted by Gasteiger charge is -2.15. The van der Waals surface area contributed by atoms with E-state index >= 15 is 0 Å². The van der Waals surface area contributed by atoms with E-state index in [4.69, 9.17) is 15.2 Å². The molecule has 0 fully saturated rings. The Balaban J connectivity index is 2.08. The molecule has 0 spiro atoms. The smallest absolute Gasteiger partial charge is 0.119 e. The average molecular weight is 223 g/mol. The van der Waals surface area contributed by atoms with E-state index in [9.17, 15) is 0 Å². The molecule has 0 aromatic heterocycles. The van der Waals surface area contributed by atoms with Crippen LogP contribution in [0.15, 0.2) is 30.3 Å². The molecule has 0 heterocycles. The fourth-order valence-electron chi connectivity index (χ4n) is 1.52. The summed E-state index contributed by atoms with van der Waals surface area (Å²) < 4.78 is 11.1. The van der Waals surface area contributed by atoms with Crippen molar-refractivity contribution in [3.05, 3.63) is 30.3 Å². The lowest BCUT2D eigenvalue weighted by Crippen LogP contribution is -2.24. The molecule has 3 heteroatoms. The van der Waals surface area contributed by atoms with Gasteiger partial charge in [-0.2, -0.15) is 0 Å². The summed E-state index contributed by atoms with van der Waals surface area (Å²) in [5, 5.41) is 0. The van der Waals surface area contributed by atoms with E-state index in [1.165, 1.54) is 0 Å². The van der Waals surface area contributed by atoms with E-state index in [1.54, 1.807) is 0 Å². The normalized spacial score (nSPS) is 14.4. The van der Waals surface area contributed by atoms with Crippen LogP contribution in [-0.2, 0) is 4.74 Å². The zero-order valence-electron chi connectivity index (χ0n) is 10.1. The van der Waals surface area contributed by atoms with Gasteiger partial charge in [0.15, 0.2) is 0 Å². The Labute approximate surface area is 97.6 Å². The van der Waals surface area contributed by atoms with Gasteiger partial charge < -0.3 is 15.2 Å². The number of ether oxygens (including phenoxy) is 2. The molecule has 2 unspecified atom stereocenters. The Bertz CT molecular complexity index is 275. The minimum atomic E-state index is 0.185. The summed E-state index contributed by atoms with van der Waals surface area (Å²) in [6.45, 7) is 5.20. The number of para-hydroxylation sites is 1. The standard InChI is InChI=1S/C13H21NO2/c1-11(14)10-12(2)15-8-9-16-13-6-4-3-5-7-13/h3-7,11-12H,8-10,14H2,1-2H3. The van der Waals surface area contributed by atoms with Crippen molar-refractivity contribution in [1.82, 2.24) is 0 Å². The molecule has 1 aromatic carbocycles. The summed E-state index contributed by atoms with van der Waals surface area (Å²) in [5.74, 6) is 0.881. The van der Waals surface area contributed by atoms with Crippen LogP contribution in [0.1, 0.15) is 20.3 Å². The first-order valence-electron chi connectivity index (χ1n) is 5.73. The molecule has 0 radical (unpaired) electrons. The van der Waals surface area contributed by atoms with Crippen molar-refractivity contribution in [2.75, 3.05) is 13.2 Å². The van der Waals surface area contributed by atoms with Crippen molar-refractivity contribution in [3.63, 3.8) is 0 Å². The van der Waals surface area contributed by atoms with Gasteiger partial charge in [-0.25, -0.2) is 0 Å². The molecule has 0 saturated carbocycles. The van der Waals surface area contributed by atoms with Gasteiger partial charge >= 0.3 is 0 Å². The third kappa shape index (κ3) is 5.73. The average Bonchev–Trinajstić information content (AvgIpc) is 2.25. The third-order valence-corrected chi connectivity index (χ3v) is 2.20. The Morgan fingerprint density at radius 3 is 2.44 bits per heavy atom. The topological polar surface area (TPSA) is 44.5 Å². The van der Waals surface area contributed by atoms with Crippen LogP contribution in [0.5, 0.6) is 5.75 Å². The summed E-state index contributed by atoms with van der Waals surface area (Å²) in [7, 11) is 0. The first-order valence-corrected chi connectivity index (χ1v) is 5.73. The van der Waals surface area contributed by atoms with Gasteiger partial charge in [-0.1, -0.05) is 18.2 Å². The molecule has 16 heavy (non-hydrogen) atoms. The summed E-state index contributed by atoms with van der Waals surface area (Å²) in [4.78, 5) is 0. The number of hydrogen-bond acceptors (Lipinski definition) is 3. The number of nitrogens with two attached hydrogens (primary N) is 1. The first kappa shape index (κ1) is 13.0. The molecule has 0 aliphatic rings. The van der Waals surface area contributed by atoms with E-state index in [0.717, 1.165) is 12.2 Å². The zero-order chi connectivity index (χ0) is 11.8. The molecule has 0 aliphatic carbocycles. The van der Waals surface area contributed by atoms with E-state index in [0.29, 0.717) is 13.2 Å². The monoisotopic (exact) mass is 223 g/mol. The molecule has 0 saturated heterocycles. The highest BCUT2D eigenvalue weighted by Crippen LogP contribution is 2.08. The van der Waals surface area contributed by atoms with Gasteiger partial charge in [-0.3, -0.25) is 0 Å². The summed E-state index contributed by atoms with van der Waals surface area (Å²) in [6, 6.07) is 9.93. The molecule has 0 aliphatic heterocycles. The maximum atomic E-state index is 5.68. The second-order valence-electron chi connectivity index (χ2n) is 4.06. The van der Waals surface area contributed by atoms with Crippen LogP contribution in [0.4, 0.5) is 0 Å². The van der Waals surface area contributed by atoms with Crippen LogP contribution in [0.2, 0.25) is 0 Å². The molecule has 0 bridgehead atoms. The molecular weight excluding hydrogens is 202 g/mol. The van der Waals surface area contributed by atoms with Crippen molar-refractivity contribution >= 4 is 0 Å². The molecule has 0 amide bonds. The van der Waals surface area contributed by atoms with Gasteiger partial charge in [0.2, 0.25) is 0 Å². The third-order valence-electron chi connectivity index (χ3n) is 2.20. The van der Waals surface area contributed by atoms with Crippen molar-refractivity contribution in [1.29, 1.82) is 0 Å². The summed E-state index contributed by atoms with van der Waals surface area (Å²) in [6.07, 6.45) is 1.07. The fourth-order valence-corrected chi connectivity index (χ4v) is 1.52. The van der Waals surface area contributed by atoms with Crippen LogP contribution in [0, 0.1) is 0 Å². The van der Waals surface area contributed by atoms with Crippen LogP contribution in [0.25, 0.3) is 0 Å². The SMILES string of the molecule is CC(N)CC(C)OCCOc1ccccc1. The minimum Gasteiger partial charge on any atom is -0.491 e. The second kappa shape index (κ2) is 7.25. The fraction of sp³-hybridized carbons (Fsp3) is 0.538. The highest BCUT2D eigenvalue weighted by Gasteiger charge is 2.04. The van der Waals surface area contributed by atoms with Gasteiger partial charge in [0.05, 0.1) is 12.7 Å². The van der Waals surface area contributed by atoms with Crippen molar-refractivity contribution in [2.24, 2.45) is 5.73 Å². The van der Waals surface area contributed by atoms with E-state index in [2.05, 4.69) is 0 Å².